The van der Waals surface area contributed by atoms with E-state index in [4.69, 9.17) is 18.1 Å². The lowest BCUT2D eigenvalue weighted by molar-refractivity contribution is 0.556. The highest BCUT2D eigenvalue weighted by Gasteiger charge is 2.24. The lowest BCUT2D eigenvalue weighted by Crippen LogP contribution is -1.93. The predicted molar refractivity (Wildman–Crippen MR) is 288 cm³/mol. The van der Waals surface area contributed by atoms with Crippen molar-refractivity contribution in [2.75, 3.05) is 0 Å². The van der Waals surface area contributed by atoms with E-state index in [1.165, 1.54) is 209 Å². The molecule has 0 fully saturated rings. The van der Waals surface area contributed by atoms with Crippen LogP contribution < -0.4 is 0 Å². The van der Waals surface area contributed by atoms with Crippen molar-refractivity contribution in [3.8, 4) is 41.9 Å². The summed E-state index contributed by atoms with van der Waals surface area (Å²) in [7, 11) is 0. The summed E-state index contributed by atoms with van der Waals surface area (Å²) in [6.07, 6.45) is 31.1. The van der Waals surface area contributed by atoms with Crippen LogP contribution in [0.2, 0.25) is 0 Å². The van der Waals surface area contributed by atoms with Crippen LogP contribution in [0.4, 0.5) is 0 Å². The molecule has 0 aliphatic rings. The Morgan fingerprint density at radius 2 is 0.938 bits per heavy atom. The van der Waals surface area contributed by atoms with Gasteiger partial charge in [0, 0.05) is 41.4 Å². The number of aryl methyl sites for hydroxylation is 2. The molecule has 0 saturated heterocycles. The molecule has 6 aromatic heterocycles. The highest BCUT2D eigenvalue weighted by atomic mass is 32.1. The van der Waals surface area contributed by atoms with E-state index in [0.717, 1.165) is 51.0 Å². The number of hydrogen-bond acceptors (Lipinski definition) is 10. The first kappa shape index (κ1) is 46.2. The molecule has 0 unspecified atom stereocenters. The zero-order valence-electron chi connectivity index (χ0n) is 38.3. The fourth-order valence-corrected chi connectivity index (χ4v) is 14.3. The fourth-order valence-electron chi connectivity index (χ4n) is 9.62. The quantitative estimate of drug-likeness (QED) is 0.0506. The number of unbranched alkanes of at least 4 members (excludes halogenated alkanes) is 18. The second-order valence-electron chi connectivity index (χ2n) is 18.0. The predicted octanol–water partition coefficient (Wildman–Crippen LogP) is 19.2. The zero-order chi connectivity index (χ0) is 44.2. The van der Waals surface area contributed by atoms with Crippen molar-refractivity contribution in [1.82, 2.24) is 22.5 Å². The first-order valence-corrected chi connectivity index (χ1v) is 28.6. The Morgan fingerprint density at radius 1 is 0.415 bits per heavy atom. The molecule has 0 radical (unpaired) electrons. The third-order valence-corrected chi connectivity index (χ3v) is 17.9. The number of hydrogen-bond donors (Lipinski definition) is 0. The van der Waals surface area contributed by atoms with Crippen LogP contribution in [-0.4, -0.2) is 22.5 Å². The van der Waals surface area contributed by atoms with Crippen LogP contribution in [-0.2, 0) is 12.8 Å². The fraction of sp³-hybridized carbons (Fsp3) is 0.436. The van der Waals surface area contributed by atoms with Gasteiger partial charge in [-0.15, -0.1) is 34.0 Å². The first-order chi connectivity index (χ1) is 32.2. The summed E-state index contributed by atoms with van der Waals surface area (Å²) in [6.45, 7) is 4.61. The van der Waals surface area contributed by atoms with Crippen molar-refractivity contribution >= 4 is 99.7 Å². The van der Waals surface area contributed by atoms with Crippen LogP contribution in [0.15, 0.2) is 79.0 Å². The minimum Gasteiger partial charge on any atom is -0.252 e. The molecule has 0 aliphatic carbocycles. The summed E-state index contributed by atoms with van der Waals surface area (Å²) in [6, 6.07) is 26.5. The normalized spacial score (nSPS) is 12.0. The van der Waals surface area contributed by atoms with Gasteiger partial charge in [0.15, 0.2) is 0 Å². The number of fused-ring (bicyclic) bond motifs is 4. The second-order valence-corrected chi connectivity index (χ2v) is 22.2. The molecule has 0 aliphatic heterocycles. The Morgan fingerprint density at radius 3 is 1.55 bits per heavy atom. The van der Waals surface area contributed by atoms with Crippen LogP contribution in [0.25, 0.3) is 84.1 Å². The van der Waals surface area contributed by atoms with Crippen molar-refractivity contribution in [2.24, 2.45) is 0 Å². The topological polar surface area (TPSA) is 64.5 Å². The van der Waals surface area contributed by atoms with Gasteiger partial charge in [0.1, 0.15) is 27.8 Å². The second kappa shape index (κ2) is 23.2. The average molecular weight is 954 g/mol. The maximum absolute atomic E-state index is 5.18. The van der Waals surface area contributed by atoms with Crippen LogP contribution in [0.3, 0.4) is 0 Å². The Bertz CT molecular complexity index is 2820. The molecule has 0 atom stereocenters. The minimum absolute atomic E-state index is 0.902. The molecule has 0 bridgehead atoms. The van der Waals surface area contributed by atoms with Crippen LogP contribution in [0.5, 0.6) is 0 Å². The van der Waals surface area contributed by atoms with Crippen LogP contribution >= 0.6 is 57.5 Å². The van der Waals surface area contributed by atoms with Gasteiger partial charge < -0.3 is 0 Å². The minimum atomic E-state index is 0.902. The van der Waals surface area contributed by atoms with Gasteiger partial charge in [-0.2, -0.15) is 17.5 Å². The molecule has 0 spiro atoms. The molecule has 5 nitrogen and oxygen atoms in total. The molecule has 3 aromatic carbocycles. The summed E-state index contributed by atoms with van der Waals surface area (Å²) < 4.78 is 22.2. The molecule has 9 rings (SSSR count). The van der Waals surface area contributed by atoms with E-state index in [0.29, 0.717) is 0 Å². The zero-order valence-corrected chi connectivity index (χ0v) is 42.4. The number of aromatic nitrogens is 5. The third-order valence-electron chi connectivity index (χ3n) is 13.2. The lowest BCUT2D eigenvalue weighted by atomic mass is 9.94. The number of thiophene rings is 3. The van der Waals surface area contributed by atoms with E-state index in [1.54, 1.807) is 11.3 Å². The van der Waals surface area contributed by atoms with Crippen LogP contribution in [0.1, 0.15) is 153 Å². The largest absolute Gasteiger partial charge is 0.252 e. The summed E-state index contributed by atoms with van der Waals surface area (Å²) in [5.74, 6) is 0. The Kier molecular flexibility index (Phi) is 16.5. The molecule has 0 amide bonds. The SMILES string of the molecule is CCCCCCCCCCCCc1c2cc(-c3cnc(-c4ccc(-c5ccccc5)s4)c4nsnc34)sc2c(CCCCCCCCCCCC)c2cc(-c3cccc4nsnc34)sc12. The number of benzene rings is 3. The van der Waals surface area contributed by atoms with E-state index in [-0.39, 0.29) is 0 Å². The van der Waals surface area contributed by atoms with Gasteiger partial charge in [-0.05, 0) is 83.5 Å². The van der Waals surface area contributed by atoms with Crippen molar-refractivity contribution in [3.05, 3.63) is 90.1 Å². The molecule has 10 heteroatoms. The van der Waals surface area contributed by atoms with Gasteiger partial charge in [-0.3, -0.25) is 4.98 Å². The third kappa shape index (κ3) is 10.9. The van der Waals surface area contributed by atoms with E-state index < -0.39 is 0 Å². The van der Waals surface area contributed by atoms with Crippen molar-refractivity contribution in [1.29, 1.82) is 0 Å². The maximum Gasteiger partial charge on any atom is 0.132 e. The van der Waals surface area contributed by atoms with Gasteiger partial charge >= 0.3 is 0 Å². The standard InChI is InChI=1S/C55H63N5S5/c1-3-5-7-9-11-13-15-17-19-24-29-39-42-35-48(41-31-26-32-45-50(41)58-64-57-45)62-54(42)40(30-25-20-18-16-14-12-10-8-6-4-2)43-36-49(63-55(39)43)44-37-56-52(53-51(44)59-65-60-53)47-34-33-46(61-47)38-27-22-21-23-28-38/h21-23,26-28,31-37H,3-20,24-25,29-30H2,1-2H3. The van der Waals surface area contributed by atoms with Crippen molar-refractivity contribution in [3.63, 3.8) is 0 Å². The molecule has 338 valence electrons. The van der Waals surface area contributed by atoms with Crippen molar-refractivity contribution < 1.29 is 0 Å². The molecular weight excluding hydrogens is 891 g/mol. The number of nitrogens with zero attached hydrogens (tertiary/aromatic N) is 5. The molecule has 65 heavy (non-hydrogen) atoms. The molecule has 0 saturated carbocycles. The van der Waals surface area contributed by atoms with Gasteiger partial charge in [0.05, 0.1) is 28.3 Å². The summed E-state index contributed by atoms with van der Waals surface area (Å²) in [4.78, 5) is 10.1. The lowest BCUT2D eigenvalue weighted by Gasteiger charge is -2.12. The Labute approximate surface area is 406 Å². The van der Waals surface area contributed by atoms with Gasteiger partial charge in [0.25, 0.3) is 0 Å². The number of rotatable bonds is 26. The summed E-state index contributed by atoms with van der Waals surface area (Å²) in [5, 5.41) is 2.88. The van der Waals surface area contributed by atoms with Gasteiger partial charge in [0.2, 0.25) is 0 Å². The maximum atomic E-state index is 5.18. The van der Waals surface area contributed by atoms with Gasteiger partial charge in [-0.25, -0.2) is 0 Å². The van der Waals surface area contributed by atoms with E-state index in [2.05, 4.69) is 97.2 Å². The van der Waals surface area contributed by atoms with E-state index in [1.807, 2.05) is 22.7 Å². The molecule has 9 aromatic rings. The number of pyridine rings is 1. The Balaban J connectivity index is 1.06. The molecule has 0 N–H and O–H groups in total. The van der Waals surface area contributed by atoms with Crippen molar-refractivity contribution in [2.45, 2.75) is 155 Å². The van der Waals surface area contributed by atoms with E-state index >= 15 is 0 Å². The summed E-state index contributed by atoms with van der Waals surface area (Å²) in [5.41, 5.74) is 11.4. The Hall–Kier alpha value is -3.93. The van der Waals surface area contributed by atoms with E-state index in [9.17, 15) is 0 Å². The monoisotopic (exact) mass is 953 g/mol. The average Bonchev–Trinajstić information content (AvgIpc) is 4.20. The van der Waals surface area contributed by atoms with Gasteiger partial charge in [-0.1, -0.05) is 172 Å². The first-order valence-electron chi connectivity index (χ1n) is 24.7. The van der Waals surface area contributed by atoms with Crippen LogP contribution in [0, 0.1) is 0 Å². The molecule has 6 heterocycles. The summed E-state index contributed by atoms with van der Waals surface area (Å²) >= 11 is 8.34. The smallest absolute Gasteiger partial charge is 0.132 e. The highest BCUT2D eigenvalue weighted by molar-refractivity contribution is 7.24. The molecular formula is C55H63N5S5. The highest BCUT2D eigenvalue weighted by Crippen LogP contribution is 2.49.